The normalized spacial score (nSPS) is 28.6. The summed E-state index contributed by atoms with van der Waals surface area (Å²) in [5.74, 6) is -0.538. The van der Waals surface area contributed by atoms with Gasteiger partial charge in [0.15, 0.2) is 0 Å². The molecule has 5 nitrogen and oxygen atoms in total. The van der Waals surface area contributed by atoms with Crippen LogP contribution in [0.25, 0.3) is 0 Å². The topological polar surface area (TPSA) is 70.6 Å². The smallest absolute Gasteiger partial charge is 0.408 e. The van der Waals surface area contributed by atoms with Gasteiger partial charge >= 0.3 is 6.09 Å². The molecule has 1 aromatic rings. The van der Waals surface area contributed by atoms with Crippen molar-refractivity contribution in [3.05, 3.63) is 34.6 Å². The number of nitrogens with one attached hydrogen (secondary N) is 2. The summed E-state index contributed by atoms with van der Waals surface area (Å²) in [6.07, 6.45) is 1.22. The van der Waals surface area contributed by atoms with Crippen molar-refractivity contribution in [1.82, 2.24) is 10.6 Å². The lowest BCUT2D eigenvalue weighted by molar-refractivity contribution is -0.107. The molecule has 0 spiro atoms. The molecule has 1 amide bonds. The van der Waals surface area contributed by atoms with Gasteiger partial charge in [-0.15, -0.1) is 0 Å². The fourth-order valence-electron chi connectivity index (χ4n) is 3.78. The minimum absolute atomic E-state index is 0.0403. The Morgan fingerprint density at radius 2 is 2.00 bits per heavy atom. The Bertz CT molecular complexity index is 670. The highest BCUT2D eigenvalue weighted by molar-refractivity contribution is 6.30. The van der Waals surface area contributed by atoms with Crippen molar-refractivity contribution in [1.29, 1.82) is 0 Å². The monoisotopic (exact) mass is 370 g/mol. The van der Waals surface area contributed by atoms with E-state index < -0.39 is 23.6 Å². The second kappa shape index (κ2) is 6.11. The lowest BCUT2D eigenvalue weighted by Gasteiger charge is -2.70. The summed E-state index contributed by atoms with van der Waals surface area (Å²) in [6, 6.07) is 4.31. The van der Waals surface area contributed by atoms with Gasteiger partial charge in [0, 0.05) is 17.6 Å². The molecule has 3 N–H and O–H groups in total. The molecule has 3 saturated carbocycles. The van der Waals surface area contributed by atoms with Crippen LogP contribution in [0.4, 0.5) is 9.18 Å². The van der Waals surface area contributed by atoms with Gasteiger partial charge in [-0.25, -0.2) is 9.18 Å². The van der Waals surface area contributed by atoms with E-state index in [0.717, 1.165) is 19.3 Å². The van der Waals surface area contributed by atoms with Crippen molar-refractivity contribution in [2.45, 2.75) is 62.8 Å². The van der Waals surface area contributed by atoms with Gasteiger partial charge in [-0.1, -0.05) is 17.7 Å². The molecule has 1 unspecified atom stereocenters. The van der Waals surface area contributed by atoms with Gasteiger partial charge in [-0.3, -0.25) is 0 Å². The number of aliphatic hydroxyl groups is 1. The van der Waals surface area contributed by atoms with E-state index in [1.807, 2.05) is 20.8 Å². The zero-order valence-electron chi connectivity index (χ0n) is 14.7. The largest absolute Gasteiger partial charge is 0.444 e. The molecular formula is C18H24ClFN2O3. The fraction of sp³-hybridized carbons (Fsp3) is 0.611. The number of hydrogen-bond donors (Lipinski definition) is 3. The standard InChI is InChI=1S/C18H24ClFN2O3/c1-16(2,3)25-15(24)22-18-8-17(9-18,10-18)21-7-14(23)11-4-5-12(19)13(20)6-11/h4-6,14,21,23H,7-10H2,1-3H3,(H,22,24). The van der Waals surface area contributed by atoms with Gasteiger partial charge in [-0.2, -0.15) is 0 Å². The number of halogens is 2. The molecule has 25 heavy (non-hydrogen) atoms. The molecule has 3 aliphatic rings. The highest BCUT2D eigenvalue weighted by atomic mass is 35.5. The second-order valence-electron chi connectivity index (χ2n) is 8.29. The number of carbonyl (C=O) groups is 1. The molecule has 0 aliphatic heterocycles. The first-order valence-corrected chi connectivity index (χ1v) is 8.79. The molecule has 0 aromatic heterocycles. The summed E-state index contributed by atoms with van der Waals surface area (Å²) < 4.78 is 18.8. The molecule has 0 radical (unpaired) electrons. The molecule has 0 saturated heterocycles. The van der Waals surface area contributed by atoms with E-state index in [9.17, 15) is 14.3 Å². The predicted molar refractivity (Wildman–Crippen MR) is 93.1 cm³/mol. The highest BCUT2D eigenvalue weighted by Crippen LogP contribution is 2.60. The SMILES string of the molecule is CC(C)(C)OC(=O)NC12CC(NCC(O)c3ccc(Cl)c(F)c3)(C1)C2. The summed E-state index contributed by atoms with van der Waals surface area (Å²) in [7, 11) is 0. The Labute approximate surface area is 151 Å². The van der Waals surface area contributed by atoms with Crippen LogP contribution in [0.1, 0.15) is 51.7 Å². The molecular weight excluding hydrogens is 347 g/mol. The third-order valence-electron chi connectivity index (χ3n) is 4.80. The van der Waals surface area contributed by atoms with Crippen LogP contribution >= 0.6 is 11.6 Å². The Morgan fingerprint density at radius 1 is 1.36 bits per heavy atom. The number of benzene rings is 1. The number of alkyl carbamates (subject to hydrolysis) is 1. The zero-order valence-corrected chi connectivity index (χ0v) is 15.4. The summed E-state index contributed by atoms with van der Waals surface area (Å²) in [5.41, 5.74) is -0.266. The average molecular weight is 371 g/mol. The van der Waals surface area contributed by atoms with Crippen molar-refractivity contribution >= 4 is 17.7 Å². The molecule has 3 fully saturated rings. The highest BCUT2D eigenvalue weighted by Gasteiger charge is 2.68. The van der Waals surface area contributed by atoms with Crippen LogP contribution in [0.15, 0.2) is 18.2 Å². The Balaban J connectivity index is 1.45. The Hall–Kier alpha value is -1.37. The number of ether oxygens (including phenoxy) is 1. The maximum Gasteiger partial charge on any atom is 0.408 e. The van der Waals surface area contributed by atoms with Crippen molar-refractivity contribution in [3.63, 3.8) is 0 Å². The molecule has 2 bridgehead atoms. The first-order valence-electron chi connectivity index (χ1n) is 8.41. The fourth-order valence-corrected chi connectivity index (χ4v) is 3.90. The average Bonchev–Trinajstić information content (AvgIpc) is 2.40. The van der Waals surface area contributed by atoms with E-state index in [2.05, 4.69) is 10.6 Å². The van der Waals surface area contributed by atoms with Gasteiger partial charge < -0.3 is 20.5 Å². The van der Waals surface area contributed by atoms with E-state index in [4.69, 9.17) is 16.3 Å². The van der Waals surface area contributed by atoms with E-state index in [1.165, 1.54) is 12.1 Å². The van der Waals surface area contributed by atoms with Crippen LogP contribution in [-0.2, 0) is 4.74 Å². The van der Waals surface area contributed by atoms with E-state index in [0.29, 0.717) is 12.1 Å². The lowest BCUT2D eigenvalue weighted by atomic mass is 9.44. The van der Waals surface area contributed by atoms with Gasteiger partial charge in [0.1, 0.15) is 11.4 Å². The van der Waals surface area contributed by atoms with Gasteiger partial charge in [0.05, 0.1) is 11.1 Å². The number of rotatable bonds is 5. The molecule has 4 rings (SSSR count). The van der Waals surface area contributed by atoms with E-state index >= 15 is 0 Å². The Kier molecular flexibility index (Phi) is 4.50. The summed E-state index contributed by atoms with van der Waals surface area (Å²) in [5, 5.41) is 16.5. The number of β-amino-alcohol motifs (C(OH)–C–C–N with tert-alkyl or cyclic N) is 1. The number of carbonyl (C=O) groups excluding carboxylic acids is 1. The van der Waals surface area contributed by atoms with Crippen molar-refractivity contribution < 1.29 is 19.0 Å². The predicted octanol–water partition coefficient (Wildman–Crippen LogP) is 3.30. The quantitative estimate of drug-likeness (QED) is 0.743. The van der Waals surface area contributed by atoms with Crippen LogP contribution in [0.3, 0.4) is 0 Å². The van der Waals surface area contributed by atoms with Gasteiger partial charge in [0.25, 0.3) is 0 Å². The number of aliphatic hydroxyl groups excluding tert-OH is 1. The van der Waals surface area contributed by atoms with Crippen LogP contribution in [-0.4, -0.2) is 34.4 Å². The summed E-state index contributed by atoms with van der Waals surface area (Å²) in [4.78, 5) is 11.9. The summed E-state index contributed by atoms with van der Waals surface area (Å²) in [6.45, 7) is 5.82. The van der Waals surface area contributed by atoms with Crippen molar-refractivity contribution in [2.75, 3.05) is 6.54 Å². The van der Waals surface area contributed by atoms with Crippen LogP contribution < -0.4 is 10.6 Å². The van der Waals surface area contributed by atoms with E-state index in [-0.39, 0.29) is 16.1 Å². The first kappa shape index (κ1) is 18.4. The van der Waals surface area contributed by atoms with Crippen LogP contribution in [0, 0.1) is 5.82 Å². The zero-order chi connectivity index (χ0) is 18.5. The maximum atomic E-state index is 13.5. The third kappa shape index (κ3) is 3.91. The molecule has 138 valence electrons. The first-order chi connectivity index (χ1) is 11.5. The lowest BCUT2D eigenvalue weighted by Crippen LogP contribution is -2.83. The van der Waals surface area contributed by atoms with Crippen LogP contribution in [0.5, 0.6) is 0 Å². The van der Waals surface area contributed by atoms with Crippen molar-refractivity contribution in [3.8, 4) is 0 Å². The van der Waals surface area contributed by atoms with E-state index in [1.54, 1.807) is 6.07 Å². The van der Waals surface area contributed by atoms with Crippen molar-refractivity contribution in [2.24, 2.45) is 0 Å². The molecule has 3 aliphatic carbocycles. The summed E-state index contributed by atoms with van der Waals surface area (Å²) >= 11 is 5.65. The molecule has 0 heterocycles. The maximum absolute atomic E-state index is 13.5. The second-order valence-corrected chi connectivity index (χ2v) is 8.70. The minimum Gasteiger partial charge on any atom is -0.444 e. The van der Waals surface area contributed by atoms with Gasteiger partial charge in [0.2, 0.25) is 0 Å². The number of amides is 1. The molecule has 1 aromatic carbocycles. The Morgan fingerprint density at radius 3 is 2.56 bits per heavy atom. The van der Waals surface area contributed by atoms with Crippen LogP contribution in [0.2, 0.25) is 5.02 Å². The molecule has 1 atom stereocenters. The minimum atomic E-state index is -0.810. The van der Waals surface area contributed by atoms with Gasteiger partial charge in [-0.05, 0) is 57.7 Å². The third-order valence-corrected chi connectivity index (χ3v) is 5.10. The molecule has 7 heteroatoms. The number of hydrogen-bond acceptors (Lipinski definition) is 4.